The van der Waals surface area contributed by atoms with E-state index in [9.17, 15) is 26.4 Å². The van der Waals surface area contributed by atoms with Crippen molar-refractivity contribution in [2.24, 2.45) is 5.73 Å². The van der Waals surface area contributed by atoms with Crippen LogP contribution in [0.15, 0.2) is 88.8 Å². The first-order chi connectivity index (χ1) is 21.7. The molecule has 1 aromatic heterocycles. The molecular formula is C31H30F3N5O6S. The van der Waals surface area contributed by atoms with Gasteiger partial charge in [-0.2, -0.15) is 13.2 Å². The Morgan fingerprint density at radius 1 is 1.09 bits per heavy atom. The molecule has 0 radical (unpaired) electrons. The van der Waals surface area contributed by atoms with Crippen molar-refractivity contribution in [2.75, 3.05) is 13.7 Å². The van der Waals surface area contributed by atoms with Gasteiger partial charge in [-0.1, -0.05) is 24.3 Å². The molecule has 1 aliphatic heterocycles. The Bertz CT molecular complexity index is 1880. The minimum Gasteiger partial charge on any atom is -0.497 e. The van der Waals surface area contributed by atoms with Crippen LogP contribution < -0.4 is 15.8 Å². The molecule has 15 heteroatoms. The minimum atomic E-state index is -5.08. The zero-order chi connectivity index (χ0) is 33.6. The number of hydrogen-bond donors (Lipinski definition) is 4. The second kappa shape index (κ2) is 14.0. The Hall–Kier alpha value is -5.02. The molecule has 1 saturated heterocycles. The summed E-state index contributed by atoms with van der Waals surface area (Å²) in [6, 6.07) is 20.9. The number of nitrogens with two attached hydrogens (primary N) is 1. The summed E-state index contributed by atoms with van der Waals surface area (Å²) in [5.41, 5.74) is 7.46. The number of carbonyl (C=O) groups is 2. The maximum atomic E-state index is 13.6. The van der Waals surface area contributed by atoms with Crippen LogP contribution in [-0.4, -0.2) is 61.0 Å². The van der Waals surface area contributed by atoms with E-state index in [0.717, 1.165) is 28.3 Å². The van der Waals surface area contributed by atoms with E-state index < -0.39 is 28.1 Å². The first kappa shape index (κ1) is 33.9. The van der Waals surface area contributed by atoms with Gasteiger partial charge < -0.3 is 20.5 Å². The molecule has 5 N–H and O–H groups in total. The molecule has 11 nitrogen and oxygen atoms in total. The fourth-order valence-corrected chi connectivity index (χ4v) is 6.15. The number of methoxy groups -OCH3 is 1. The second-order valence-corrected chi connectivity index (χ2v) is 12.1. The number of sulfone groups is 1. The number of likely N-dealkylation sites (tertiary alicyclic amines) is 1. The van der Waals surface area contributed by atoms with Crippen molar-refractivity contribution in [3.8, 4) is 5.75 Å². The maximum Gasteiger partial charge on any atom is 0.490 e. The summed E-state index contributed by atoms with van der Waals surface area (Å²) >= 11 is 0. The normalized spacial score (nSPS) is 14.0. The molecule has 0 spiro atoms. The van der Waals surface area contributed by atoms with E-state index in [1.807, 2.05) is 24.3 Å². The number of hydrogen-bond acceptors (Lipinski definition) is 8. The van der Waals surface area contributed by atoms with E-state index >= 15 is 0 Å². The predicted molar refractivity (Wildman–Crippen MR) is 162 cm³/mol. The number of amides is 1. The van der Waals surface area contributed by atoms with Crippen molar-refractivity contribution >= 4 is 38.3 Å². The molecular weight excluding hydrogens is 627 g/mol. The highest BCUT2D eigenvalue weighted by Crippen LogP contribution is 2.29. The molecule has 1 atom stereocenters. The number of halogens is 3. The number of aliphatic carboxylic acids is 1. The summed E-state index contributed by atoms with van der Waals surface area (Å²) in [6.07, 6.45) is -2.77. The standard InChI is InChI=1S/C29H29N5O4S.C2HF3O2/c1-38-23-9-7-20-8-10-25(16-22(20)15-23)39(36,37)24-5-2-4-19(14-24)18-33-29(34-13-3-6-27(34)35)21-11-12-32-26(17-21)28(30)31;3-2(4,5)1(6)7/h2,4-5,7-12,14-17,29,33H,3,6,13,18H2,1H3,(H3,30,31);(H,6,7). The van der Waals surface area contributed by atoms with E-state index in [1.54, 1.807) is 66.7 Å². The highest BCUT2D eigenvalue weighted by atomic mass is 32.2. The predicted octanol–water partition coefficient (Wildman–Crippen LogP) is 4.40. The fourth-order valence-electron chi connectivity index (χ4n) is 4.78. The highest BCUT2D eigenvalue weighted by Gasteiger charge is 2.38. The van der Waals surface area contributed by atoms with E-state index in [1.165, 1.54) is 0 Å². The molecule has 242 valence electrons. The summed E-state index contributed by atoms with van der Waals surface area (Å²) in [4.78, 5) is 27.8. The first-order valence-corrected chi connectivity index (χ1v) is 15.2. The van der Waals surface area contributed by atoms with Crippen LogP contribution in [-0.2, 0) is 26.0 Å². The number of ether oxygens (including phenoxy) is 1. The zero-order valence-corrected chi connectivity index (χ0v) is 25.2. The smallest absolute Gasteiger partial charge is 0.490 e. The Kier molecular flexibility index (Phi) is 10.3. The Labute approximate surface area is 262 Å². The zero-order valence-electron chi connectivity index (χ0n) is 24.4. The number of nitrogens with one attached hydrogen (secondary N) is 2. The number of aromatic nitrogens is 1. The lowest BCUT2D eigenvalue weighted by molar-refractivity contribution is -0.192. The van der Waals surface area contributed by atoms with Crippen LogP contribution in [0.5, 0.6) is 5.75 Å². The van der Waals surface area contributed by atoms with E-state index in [2.05, 4.69) is 10.3 Å². The van der Waals surface area contributed by atoms with Gasteiger partial charge in [0.2, 0.25) is 15.7 Å². The number of carboxylic acid groups (broad SMARTS) is 1. The van der Waals surface area contributed by atoms with Crippen LogP contribution in [0.3, 0.4) is 0 Å². The number of rotatable bonds is 9. The third kappa shape index (κ3) is 7.97. The third-order valence-electron chi connectivity index (χ3n) is 7.08. The van der Waals surface area contributed by atoms with Gasteiger partial charge in [0, 0.05) is 25.7 Å². The number of amidine groups is 1. The van der Waals surface area contributed by atoms with Gasteiger partial charge in [-0.3, -0.25) is 20.5 Å². The topological polar surface area (TPSA) is 176 Å². The fraction of sp³-hybridized carbons (Fsp3) is 0.226. The monoisotopic (exact) mass is 657 g/mol. The number of carboxylic acids is 1. The Balaban J connectivity index is 0.000000617. The van der Waals surface area contributed by atoms with Gasteiger partial charge in [0.1, 0.15) is 23.4 Å². The highest BCUT2D eigenvalue weighted by molar-refractivity contribution is 7.91. The number of nitrogens with zero attached hydrogens (tertiary/aromatic N) is 2. The molecule has 3 aromatic carbocycles. The third-order valence-corrected chi connectivity index (χ3v) is 8.83. The lowest BCUT2D eigenvalue weighted by Crippen LogP contribution is -2.39. The van der Waals surface area contributed by atoms with Crippen molar-refractivity contribution < 1.29 is 41.0 Å². The van der Waals surface area contributed by atoms with Crippen molar-refractivity contribution in [3.63, 3.8) is 0 Å². The molecule has 1 unspecified atom stereocenters. The Morgan fingerprint density at radius 2 is 1.78 bits per heavy atom. The van der Waals surface area contributed by atoms with Crippen molar-refractivity contribution in [1.82, 2.24) is 15.2 Å². The number of fused-ring (bicyclic) bond motifs is 1. The summed E-state index contributed by atoms with van der Waals surface area (Å²) in [7, 11) is -2.21. The molecule has 5 rings (SSSR count). The molecule has 0 aliphatic carbocycles. The summed E-state index contributed by atoms with van der Waals surface area (Å²) in [5.74, 6) is -2.24. The molecule has 0 bridgehead atoms. The molecule has 0 saturated carbocycles. The maximum absolute atomic E-state index is 13.6. The van der Waals surface area contributed by atoms with Crippen LogP contribution in [0.4, 0.5) is 13.2 Å². The summed E-state index contributed by atoms with van der Waals surface area (Å²) in [6.45, 7) is 0.903. The van der Waals surface area contributed by atoms with Gasteiger partial charge >= 0.3 is 12.1 Å². The average Bonchev–Trinajstić information content (AvgIpc) is 3.45. The Morgan fingerprint density at radius 3 is 2.41 bits per heavy atom. The first-order valence-electron chi connectivity index (χ1n) is 13.8. The van der Waals surface area contributed by atoms with E-state index in [0.29, 0.717) is 31.0 Å². The van der Waals surface area contributed by atoms with Gasteiger partial charge in [0.25, 0.3) is 0 Å². The van der Waals surface area contributed by atoms with Crippen molar-refractivity contribution in [2.45, 2.75) is 41.5 Å². The summed E-state index contributed by atoms with van der Waals surface area (Å²) in [5, 5.41) is 19.9. The van der Waals surface area contributed by atoms with Crippen LogP contribution in [0.2, 0.25) is 0 Å². The van der Waals surface area contributed by atoms with Gasteiger partial charge in [0.15, 0.2) is 0 Å². The molecule has 1 fully saturated rings. The molecule has 46 heavy (non-hydrogen) atoms. The minimum absolute atomic E-state index is 0.0259. The number of pyridine rings is 1. The SMILES string of the molecule is COc1ccc2ccc(S(=O)(=O)c3cccc(CNC(c4ccnc(C(=N)N)c4)N4CCCC4=O)c3)cc2c1.O=C(O)C(F)(F)F. The largest absolute Gasteiger partial charge is 0.497 e. The van der Waals surface area contributed by atoms with Gasteiger partial charge in [-0.15, -0.1) is 0 Å². The van der Waals surface area contributed by atoms with Gasteiger partial charge in [-0.05, 0) is 76.9 Å². The lowest BCUT2D eigenvalue weighted by Gasteiger charge is -2.29. The van der Waals surface area contributed by atoms with Gasteiger partial charge in [0.05, 0.1) is 16.9 Å². The number of carbonyl (C=O) groups excluding carboxylic acids is 1. The van der Waals surface area contributed by atoms with Gasteiger partial charge in [-0.25, -0.2) is 13.2 Å². The molecule has 1 amide bonds. The molecule has 2 heterocycles. The second-order valence-electron chi connectivity index (χ2n) is 10.2. The van der Waals surface area contributed by atoms with E-state index in [-0.39, 0.29) is 21.5 Å². The number of nitrogen functional groups attached to an aromatic ring is 1. The number of benzene rings is 3. The molecule has 1 aliphatic rings. The summed E-state index contributed by atoms with van der Waals surface area (Å²) < 4.78 is 64.1. The quantitative estimate of drug-likeness (QED) is 0.150. The van der Waals surface area contributed by atoms with E-state index in [4.69, 9.17) is 25.8 Å². The molecule has 4 aromatic rings. The van der Waals surface area contributed by atoms with Crippen molar-refractivity contribution in [3.05, 3.63) is 95.8 Å². The van der Waals surface area contributed by atoms with Crippen LogP contribution in [0.1, 0.15) is 35.8 Å². The van der Waals surface area contributed by atoms with Crippen molar-refractivity contribution in [1.29, 1.82) is 5.41 Å². The number of alkyl halides is 3. The average molecular weight is 658 g/mol. The van der Waals surface area contributed by atoms with Crippen LogP contribution >= 0.6 is 0 Å². The van der Waals surface area contributed by atoms with Crippen LogP contribution in [0, 0.1) is 5.41 Å². The lowest BCUT2D eigenvalue weighted by atomic mass is 10.1. The van der Waals surface area contributed by atoms with Crippen LogP contribution in [0.25, 0.3) is 10.8 Å².